The Labute approximate surface area is 75.7 Å². The lowest BCUT2D eigenvalue weighted by Gasteiger charge is -2.18. The van der Waals surface area contributed by atoms with Crippen molar-refractivity contribution in [2.24, 2.45) is 11.8 Å². The van der Waals surface area contributed by atoms with Crippen molar-refractivity contribution in [2.45, 2.75) is 40.5 Å². The molecule has 0 aliphatic carbocycles. The summed E-state index contributed by atoms with van der Waals surface area (Å²) in [6.07, 6.45) is 2.09. The van der Waals surface area contributed by atoms with Crippen LogP contribution >= 0.6 is 0 Å². The molecule has 0 aromatic heterocycles. The molecule has 0 saturated heterocycles. The SMILES string of the molecule is CCCC(C(=O)NCC)C(C)C. The van der Waals surface area contributed by atoms with Gasteiger partial charge in [-0.2, -0.15) is 0 Å². The van der Waals surface area contributed by atoms with Gasteiger partial charge in [0.2, 0.25) is 5.91 Å². The van der Waals surface area contributed by atoms with Gasteiger partial charge >= 0.3 is 0 Å². The molecule has 0 saturated carbocycles. The Balaban J connectivity index is 4.00. The van der Waals surface area contributed by atoms with Crippen LogP contribution in [0.5, 0.6) is 0 Å². The number of rotatable bonds is 5. The molecule has 0 rings (SSSR count). The van der Waals surface area contributed by atoms with Crippen molar-refractivity contribution in [2.75, 3.05) is 6.54 Å². The maximum Gasteiger partial charge on any atom is 0.223 e. The van der Waals surface area contributed by atoms with Crippen LogP contribution in [0.15, 0.2) is 0 Å². The predicted octanol–water partition coefficient (Wildman–Crippen LogP) is 2.19. The smallest absolute Gasteiger partial charge is 0.223 e. The largest absolute Gasteiger partial charge is 0.356 e. The highest BCUT2D eigenvalue weighted by Gasteiger charge is 2.19. The molecule has 0 aromatic carbocycles. The third-order valence-corrected chi connectivity index (χ3v) is 2.09. The van der Waals surface area contributed by atoms with Crippen LogP contribution in [0.3, 0.4) is 0 Å². The van der Waals surface area contributed by atoms with Crippen molar-refractivity contribution in [3.63, 3.8) is 0 Å². The highest BCUT2D eigenvalue weighted by molar-refractivity contribution is 5.78. The average molecular weight is 171 g/mol. The van der Waals surface area contributed by atoms with Gasteiger partial charge in [-0.15, -0.1) is 0 Å². The predicted molar refractivity (Wildman–Crippen MR) is 51.9 cm³/mol. The number of nitrogens with one attached hydrogen (secondary N) is 1. The summed E-state index contributed by atoms with van der Waals surface area (Å²) in [5, 5.41) is 2.87. The van der Waals surface area contributed by atoms with Crippen LogP contribution in [0.4, 0.5) is 0 Å². The van der Waals surface area contributed by atoms with Gasteiger partial charge in [0.1, 0.15) is 0 Å². The topological polar surface area (TPSA) is 29.1 Å². The Kier molecular flexibility index (Phi) is 5.77. The monoisotopic (exact) mass is 171 g/mol. The molecule has 0 aliphatic rings. The van der Waals surface area contributed by atoms with Gasteiger partial charge in [-0.05, 0) is 19.3 Å². The zero-order chi connectivity index (χ0) is 9.56. The number of carbonyl (C=O) groups is 1. The maximum atomic E-state index is 11.5. The Hall–Kier alpha value is -0.530. The van der Waals surface area contributed by atoms with E-state index in [1.165, 1.54) is 0 Å². The van der Waals surface area contributed by atoms with Crippen LogP contribution in [0.1, 0.15) is 40.5 Å². The molecule has 2 heteroatoms. The lowest BCUT2D eigenvalue weighted by Crippen LogP contribution is -2.33. The summed E-state index contributed by atoms with van der Waals surface area (Å²) in [6, 6.07) is 0. The molecule has 0 fully saturated rings. The van der Waals surface area contributed by atoms with Crippen LogP contribution in [0.2, 0.25) is 0 Å². The van der Waals surface area contributed by atoms with Gasteiger partial charge in [-0.1, -0.05) is 27.2 Å². The van der Waals surface area contributed by atoms with Gasteiger partial charge in [0.25, 0.3) is 0 Å². The van der Waals surface area contributed by atoms with E-state index >= 15 is 0 Å². The van der Waals surface area contributed by atoms with E-state index in [-0.39, 0.29) is 11.8 Å². The van der Waals surface area contributed by atoms with Gasteiger partial charge in [0.05, 0.1) is 0 Å². The molecule has 0 bridgehead atoms. The number of carbonyl (C=O) groups excluding carboxylic acids is 1. The molecule has 0 radical (unpaired) electrons. The summed E-state index contributed by atoms with van der Waals surface area (Å²) < 4.78 is 0. The van der Waals surface area contributed by atoms with E-state index in [1.54, 1.807) is 0 Å². The second-order valence-electron chi connectivity index (χ2n) is 3.53. The van der Waals surface area contributed by atoms with E-state index < -0.39 is 0 Å². The first-order chi connectivity index (χ1) is 5.63. The molecular weight excluding hydrogens is 150 g/mol. The van der Waals surface area contributed by atoms with Gasteiger partial charge < -0.3 is 5.32 Å². The van der Waals surface area contributed by atoms with Gasteiger partial charge in [0, 0.05) is 12.5 Å². The maximum absolute atomic E-state index is 11.5. The van der Waals surface area contributed by atoms with Crippen LogP contribution in [-0.4, -0.2) is 12.5 Å². The fourth-order valence-corrected chi connectivity index (χ4v) is 1.38. The molecule has 2 nitrogen and oxygen atoms in total. The minimum absolute atomic E-state index is 0.204. The zero-order valence-electron chi connectivity index (χ0n) is 8.68. The molecule has 0 aliphatic heterocycles. The third-order valence-electron chi connectivity index (χ3n) is 2.09. The molecule has 0 spiro atoms. The summed E-state index contributed by atoms with van der Waals surface area (Å²) >= 11 is 0. The molecule has 0 heterocycles. The standard InChI is InChI=1S/C10H21NO/c1-5-7-9(8(3)4)10(12)11-6-2/h8-9H,5-7H2,1-4H3,(H,11,12). The first-order valence-corrected chi connectivity index (χ1v) is 4.91. The number of hydrogen-bond acceptors (Lipinski definition) is 1. The van der Waals surface area contributed by atoms with E-state index in [0.717, 1.165) is 19.4 Å². The summed E-state index contributed by atoms with van der Waals surface area (Å²) in [6.45, 7) is 9.03. The van der Waals surface area contributed by atoms with E-state index in [1.807, 2.05) is 6.92 Å². The summed E-state index contributed by atoms with van der Waals surface area (Å²) in [5.41, 5.74) is 0. The fraction of sp³-hybridized carbons (Fsp3) is 0.900. The van der Waals surface area contributed by atoms with E-state index in [9.17, 15) is 4.79 Å². The Morgan fingerprint density at radius 1 is 1.33 bits per heavy atom. The van der Waals surface area contributed by atoms with Crippen molar-refractivity contribution in [1.29, 1.82) is 0 Å². The molecule has 1 unspecified atom stereocenters. The fourth-order valence-electron chi connectivity index (χ4n) is 1.38. The third kappa shape index (κ3) is 3.74. The minimum Gasteiger partial charge on any atom is -0.356 e. The quantitative estimate of drug-likeness (QED) is 0.675. The van der Waals surface area contributed by atoms with Crippen molar-refractivity contribution in [3.05, 3.63) is 0 Å². The van der Waals surface area contributed by atoms with Gasteiger partial charge in [-0.25, -0.2) is 0 Å². The Bertz CT molecular complexity index is 132. The minimum atomic E-state index is 0.204. The molecule has 0 aromatic rings. The lowest BCUT2D eigenvalue weighted by atomic mass is 9.90. The second kappa shape index (κ2) is 6.04. The summed E-state index contributed by atoms with van der Waals surface area (Å²) in [5.74, 6) is 0.876. The Morgan fingerprint density at radius 3 is 2.25 bits per heavy atom. The highest BCUT2D eigenvalue weighted by atomic mass is 16.1. The normalized spacial score (nSPS) is 13.1. The van der Waals surface area contributed by atoms with Crippen LogP contribution in [0, 0.1) is 11.8 Å². The highest BCUT2D eigenvalue weighted by Crippen LogP contribution is 2.16. The van der Waals surface area contributed by atoms with Crippen molar-refractivity contribution in [1.82, 2.24) is 5.32 Å². The average Bonchev–Trinajstić information content (AvgIpc) is 1.99. The van der Waals surface area contributed by atoms with Gasteiger partial charge in [-0.3, -0.25) is 4.79 Å². The molecule has 12 heavy (non-hydrogen) atoms. The first-order valence-electron chi connectivity index (χ1n) is 4.91. The van der Waals surface area contributed by atoms with E-state index in [0.29, 0.717) is 5.92 Å². The molecule has 72 valence electrons. The first kappa shape index (κ1) is 11.5. The molecule has 1 atom stereocenters. The van der Waals surface area contributed by atoms with Crippen molar-refractivity contribution < 1.29 is 4.79 Å². The number of amides is 1. The summed E-state index contributed by atoms with van der Waals surface area (Å²) in [7, 11) is 0. The van der Waals surface area contributed by atoms with Crippen molar-refractivity contribution >= 4 is 5.91 Å². The molecule has 1 N–H and O–H groups in total. The van der Waals surface area contributed by atoms with Crippen LogP contribution in [-0.2, 0) is 4.79 Å². The lowest BCUT2D eigenvalue weighted by molar-refractivity contribution is -0.126. The Morgan fingerprint density at radius 2 is 1.92 bits per heavy atom. The zero-order valence-corrected chi connectivity index (χ0v) is 8.68. The van der Waals surface area contributed by atoms with E-state index in [2.05, 4.69) is 26.1 Å². The van der Waals surface area contributed by atoms with Gasteiger partial charge in [0.15, 0.2) is 0 Å². The molecule has 1 amide bonds. The molecular formula is C10H21NO. The van der Waals surface area contributed by atoms with E-state index in [4.69, 9.17) is 0 Å². The second-order valence-corrected chi connectivity index (χ2v) is 3.53. The van der Waals surface area contributed by atoms with Crippen molar-refractivity contribution in [3.8, 4) is 0 Å². The number of hydrogen-bond donors (Lipinski definition) is 1. The van der Waals surface area contributed by atoms with Crippen LogP contribution in [0.25, 0.3) is 0 Å². The van der Waals surface area contributed by atoms with Crippen LogP contribution < -0.4 is 5.32 Å². The summed E-state index contributed by atoms with van der Waals surface area (Å²) in [4.78, 5) is 11.5.